The van der Waals surface area contributed by atoms with Crippen LogP contribution in [0.5, 0.6) is 5.75 Å². The molecule has 0 amide bonds. The molecule has 0 atom stereocenters. The van der Waals surface area contributed by atoms with Gasteiger partial charge >= 0.3 is 5.97 Å². The number of benzene rings is 1. The van der Waals surface area contributed by atoms with Gasteiger partial charge in [-0.05, 0) is 19.9 Å². The Kier molecular flexibility index (Phi) is 4.68. The molecule has 0 aliphatic carbocycles. The number of methoxy groups -OCH3 is 1. The summed E-state index contributed by atoms with van der Waals surface area (Å²) in [6.07, 6.45) is 0. The normalized spacial score (nSPS) is 10.1. The standard InChI is InChI=1S/C12H16N2O5/c1-4-13(5-2)11-9(14(17)18)6-8(12(15)16)7-10(11)19-3/h6-7H,4-5H2,1-3H3,(H,15,16). The van der Waals surface area contributed by atoms with E-state index in [1.165, 1.54) is 13.2 Å². The average molecular weight is 268 g/mol. The van der Waals surface area contributed by atoms with Crippen molar-refractivity contribution < 1.29 is 19.6 Å². The van der Waals surface area contributed by atoms with Crippen LogP contribution in [0.15, 0.2) is 12.1 Å². The van der Waals surface area contributed by atoms with Crippen molar-refractivity contribution in [2.75, 3.05) is 25.1 Å². The third-order valence-electron chi connectivity index (χ3n) is 2.80. The summed E-state index contributed by atoms with van der Waals surface area (Å²) in [5, 5.41) is 20.1. The Morgan fingerprint density at radius 3 is 2.37 bits per heavy atom. The molecular weight excluding hydrogens is 252 g/mol. The first-order valence-corrected chi connectivity index (χ1v) is 5.80. The number of carbonyl (C=O) groups is 1. The first kappa shape index (κ1) is 14.7. The van der Waals surface area contributed by atoms with Gasteiger partial charge in [0.1, 0.15) is 5.75 Å². The van der Waals surface area contributed by atoms with Crippen molar-refractivity contribution in [3.63, 3.8) is 0 Å². The molecule has 7 nitrogen and oxygen atoms in total. The SMILES string of the molecule is CCN(CC)c1c(OC)cc(C(=O)O)cc1[N+](=O)[O-]. The lowest BCUT2D eigenvalue weighted by Crippen LogP contribution is -2.23. The average Bonchev–Trinajstić information content (AvgIpc) is 2.39. The van der Waals surface area contributed by atoms with Gasteiger partial charge < -0.3 is 14.7 Å². The highest BCUT2D eigenvalue weighted by molar-refractivity contribution is 5.91. The number of rotatable bonds is 6. The largest absolute Gasteiger partial charge is 0.494 e. The van der Waals surface area contributed by atoms with Gasteiger partial charge in [0.2, 0.25) is 0 Å². The van der Waals surface area contributed by atoms with Gasteiger partial charge in [0, 0.05) is 19.2 Å². The summed E-state index contributed by atoms with van der Waals surface area (Å²) >= 11 is 0. The van der Waals surface area contributed by atoms with E-state index >= 15 is 0 Å². The molecule has 0 fully saturated rings. The summed E-state index contributed by atoms with van der Waals surface area (Å²) in [6.45, 7) is 4.83. The molecule has 1 aromatic carbocycles. The fourth-order valence-corrected chi connectivity index (χ4v) is 1.87. The molecule has 0 saturated carbocycles. The van der Waals surface area contributed by atoms with Gasteiger partial charge in [-0.15, -0.1) is 0 Å². The zero-order valence-corrected chi connectivity index (χ0v) is 11.0. The fourth-order valence-electron chi connectivity index (χ4n) is 1.87. The molecule has 1 aromatic rings. The van der Waals surface area contributed by atoms with Crippen LogP contribution in [0.4, 0.5) is 11.4 Å². The first-order valence-electron chi connectivity index (χ1n) is 5.80. The molecule has 19 heavy (non-hydrogen) atoms. The van der Waals surface area contributed by atoms with Gasteiger partial charge in [-0.25, -0.2) is 4.79 Å². The number of carboxylic acid groups (broad SMARTS) is 1. The van der Waals surface area contributed by atoms with Crippen molar-refractivity contribution in [1.29, 1.82) is 0 Å². The fraction of sp³-hybridized carbons (Fsp3) is 0.417. The van der Waals surface area contributed by atoms with Crippen molar-refractivity contribution in [3.8, 4) is 5.75 Å². The highest BCUT2D eigenvalue weighted by atomic mass is 16.6. The minimum Gasteiger partial charge on any atom is -0.494 e. The maximum Gasteiger partial charge on any atom is 0.336 e. The Morgan fingerprint density at radius 2 is 2.00 bits per heavy atom. The van der Waals surface area contributed by atoms with E-state index in [1.807, 2.05) is 13.8 Å². The summed E-state index contributed by atoms with van der Waals surface area (Å²) in [7, 11) is 1.36. The number of hydrogen-bond acceptors (Lipinski definition) is 5. The van der Waals surface area contributed by atoms with Crippen molar-refractivity contribution in [2.45, 2.75) is 13.8 Å². The summed E-state index contributed by atoms with van der Waals surface area (Å²) in [4.78, 5) is 23.3. The van der Waals surface area contributed by atoms with Crippen LogP contribution < -0.4 is 9.64 Å². The lowest BCUT2D eigenvalue weighted by atomic mass is 10.1. The molecule has 0 radical (unpaired) electrons. The number of ether oxygens (including phenoxy) is 1. The van der Waals surface area contributed by atoms with E-state index in [0.29, 0.717) is 18.8 Å². The highest BCUT2D eigenvalue weighted by Crippen LogP contribution is 2.38. The monoisotopic (exact) mass is 268 g/mol. The number of anilines is 1. The molecular formula is C12H16N2O5. The van der Waals surface area contributed by atoms with Crippen molar-refractivity contribution in [3.05, 3.63) is 27.8 Å². The smallest absolute Gasteiger partial charge is 0.336 e. The van der Waals surface area contributed by atoms with E-state index in [2.05, 4.69) is 0 Å². The van der Waals surface area contributed by atoms with E-state index < -0.39 is 10.9 Å². The minimum absolute atomic E-state index is 0.167. The Balaban J connectivity index is 3.57. The zero-order chi connectivity index (χ0) is 14.6. The van der Waals surface area contributed by atoms with Crippen LogP contribution in [0.25, 0.3) is 0 Å². The maximum atomic E-state index is 11.1. The topological polar surface area (TPSA) is 92.9 Å². The van der Waals surface area contributed by atoms with Crippen molar-refractivity contribution in [1.82, 2.24) is 0 Å². The number of nitro benzene ring substituents is 1. The van der Waals surface area contributed by atoms with Crippen molar-refractivity contribution >= 4 is 17.3 Å². The quantitative estimate of drug-likeness (QED) is 0.627. The second kappa shape index (κ2) is 6.03. The number of nitro groups is 1. The number of hydrogen-bond donors (Lipinski definition) is 1. The Hall–Kier alpha value is -2.31. The predicted molar refractivity (Wildman–Crippen MR) is 70.2 cm³/mol. The van der Waals surface area contributed by atoms with Crippen LogP contribution in [0.3, 0.4) is 0 Å². The van der Waals surface area contributed by atoms with Gasteiger partial charge in [-0.2, -0.15) is 0 Å². The van der Waals surface area contributed by atoms with Crippen LogP contribution in [-0.4, -0.2) is 36.2 Å². The Labute approximate surface area is 110 Å². The van der Waals surface area contributed by atoms with E-state index in [4.69, 9.17) is 9.84 Å². The first-order chi connectivity index (χ1) is 8.96. The van der Waals surface area contributed by atoms with E-state index in [0.717, 1.165) is 6.07 Å². The van der Waals surface area contributed by atoms with Crippen LogP contribution in [0.1, 0.15) is 24.2 Å². The van der Waals surface area contributed by atoms with Gasteiger partial charge in [0.25, 0.3) is 5.69 Å². The van der Waals surface area contributed by atoms with E-state index in [1.54, 1.807) is 4.90 Å². The summed E-state index contributed by atoms with van der Waals surface area (Å²) in [5.41, 5.74) is -0.123. The molecule has 0 heterocycles. The molecule has 1 N–H and O–H groups in total. The molecule has 0 spiro atoms. The van der Waals surface area contributed by atoms with Gasteiger partial charge in [-0.3, -0.25) is 10.1 Å². The third-order valence-corrected chi connectivity index (χ3v) is 2.80. The van der Waals surface area contributed by atoms with Gasteiger partial charge in [0.15, 0.2) is 5.69 Å². The molecule has 0 saturated heterocycles. The van der Waals surface area contributed by atoms with Crippen LogP contribution in [-0.2, 0) is 0 Å². The molecule has 0 aromatic heterocycles. The van der Waals surface area contributed by atoms with Crippen LogP contribution >= 0.6 is 0 Å². The summed E-state index contributed by atoms with van der Waals surface area (Å²) in [5.74, 6) is -1.04. The number of nitrogens with zero attached hydrogens (tertiary/aromatic N) is 2. The summed E-state index contributed by atoms with van der Waals surface area (Å²) < 4.78 is 5.10. The second-order valence-electron chi connectivity index (χ2n) is 3.78. The second-order valence-corrected chi connectivity index (χ2v) is 3.78. The Morgan fingerprint density at radius 1 is 1.42 bits per heavy atom. The Bertz CT molecular complexity index is 497. The molecule has 0 aliphatic rings. The molecule has 1 rings (SSSR count). The van der Waals surface area contributed by atoms with E-state index in [9.17, 15) is 14.9 Å². The maximum absolute atomic E-state index is 11.1. The van der Waals surface area contributed by atoms with Crippen molar-refractivity contribution in [2.24, 2.45) is 0 Å². The summed E-state index contributed by atoms with van der Waals surface area (Å²) in [6, 6.07) is 2.35. The third kappa shape index (κ3) is 2.93. The van der Waals surface area contributed by atoms with Crippen LogP contribution in [0, 0.1) is 10.1 Å². The molecule has 0 bridgehead atoms. The lowest BCUT2D eigenvalue weighted by Gasteiger charge is -2.23. The highest BCUT2D eigenvalue weighted by Gasteiger charge is 2.25. The van der Waals surface area contributed by atoms with Crippen LogP contribution in [0.2, 0.25) is 0 Å². The number of aromatic carboxylic acids is 1. The van der Waals surface area contributed by atoms with Gasteiger partial charge in [0.05, 0.1) is 17.6 Å². The molecule has 0 unspecified atom stereocenters. The lowest BCUT2D eigenvalue weighted by molar-refractivity contribution is -0.384. The van der Waals surface area contributed by atoms with Gasteiger partial charge in [-0.1, -0.05) is 0 Å². The predicted octanol–water partition coefficient (Wildman–Crippen LogP) is 2.15. The molecule has 0 aliphatic heterocycles. The minimum atomic E-state index is -1.23. The van der Waals surface area contributed by atoms with E-state index in [-0.39, 0.29) is 17.0 Å². The molecule has 104 valence electrons. The molecule has 7 heteroatoms. The number of carboxylic acids is 1. The zero-order valence-electron chi connectivity index (χ0n) is 11.0.